The molecular formula is C22H24N2O4. The number of amides is 2. The molecule has 1 heterocycles. The van der Waals surface area contributed by atoms with Gasteiger partial charge in [-0.15, -0.1) is 0 Å². The van der Waals surface area contributed by atoms with E-state index in [2.05, 4.69) is 5.32 Å². The molecular weight excluding hydrogens is 356 g/mol. The van der Waals surface area contributed by atoms with Gasteiger partial charge in [-0.1, -0.05) is 0 Å². The second-order valence-corrected chi connectivity index (χ2v) is 6.58. The van der Waals surface area contributed by atoms with Crippen molar-refractivity contribution >= 4 is 29.3 Å². The van der Waals surface area contributed by atoms with Crippen LogP contribution < -0.4 is 19.7 Å². The van der Waals surface area contributed by atoms with Crippen molar-refractivity contribution in [3.05, 3.63) is 53.6 Å². The summed E-state index contributed by atoms with van der Waals surface area (Å²) in [5.41, 5.74) is 3.28. The molecule has 0 spiro atoms. The van der Waals surface area contributed by atoms with Crippen molar-refractivity contribution in [2.24, 2.45) is 0 Å². The number of hydrogen-bond donors (Lipinski definition) is 1. The number of benzene rings is 2. The van der Waals surface area contributed by atoms with E-state index in [-0.39, 0.29) is 11.8 Å². The summed E-state index contributed by atoms with van der Waals surface area (Å²) in [6, 6.07) is 11.0. The van der Waals surface area contributed by atoms with Gasteiger partial charge in [-0.25, -0.2) is 0 Å². The van der Waals surface area contributed by atoms with Gasteiger partial charge in [0.05, 0.1) is 14.2 Å². The number of methoxy groups -OCH3 is 2. The minimum absolute atomic E-state index is 0.148. The molecule has 1 fully saturated rings. The Balaban J connectivity index is 1.70. The zero-order valence-electron chi connectivity index (χ0n) is 16.3. The molecule has 0 radical (unpaired) electrons. The normalized spacial score (nSPS) is 13.8. The van der Waals surface area contributed by atoms with Crippen molar-refractivity contribution in [3.8, 4) is 11.5 Å². The zero-order chi connectivity index (χ0) is 20.1. The number of aryl methyl sites for hydroxylation is 1. The van der Waals surface area contributed by atoms with Crippen LogP contribution in [0.4, 0.5) is 11.4 Å². The summed E-state index contributed by atoms with van der Waals surface area (Å²) in [6.45, 7) is 2.68. The zero-order valence-corrected chi connectivity index (χ0v) is 16.3. The van der Waals surface area contributed by atoms with Crippen LogP contribution in [0, 0.1) is 6.92 Å². The number of carbonyl (C=O) groups is 2. The highest BCUT2D eigenvalue weighted by Gasteiger charge is 2.22. The lowest BCUT2D eigenvalue weighted by Crippen LogP contribution is -2.24. The Hall–Kier alpha value is -3.28. The SMILES string of the molecule is COc1ccc(OC)c(C=CC(=O)Nc2ccc(N3CCCC3=O)c(C)c2)c1. The van der Waals surface area contributed by atoms with Crippen LogP contribution in [0.15, 0.2) is 42.5 Å². The van der Waals surface area contributed by atoms with E-state index >= 15 is 0 Å². The molecule has 3 rings (SSSR count). The van der Waals surface area contributed by atoms with Crippen LogP contribution >= 0.6 is 0 Å². The minimum atomic E-state index is -0.255. The Labute approximate surface area is 164 Å². The first-order valence-electron chi connectivity index (χ1n) is 9.14. The number of carbonyl (C=O) groups excluding carboxylic acids is 2. The fourth-order valence-electron chi connectivity index (χ4n) is 3.26. The summed E-state index contributed by atoms with van der Waals surface area (Å²) in [5.74, 6) is 1.23. The van der Waals surface area contributed by atoms with E-state index in [0.29, 0.717) is 23.6 Å². The van der Waals surface area contributed by atoms with E-state index in [1.165, 1.54) is 6.08 Å². The second kappa shape index (κ2) is 8.61. The number of ether oxygens (including phenoxy) is 2. The number of nitrogens with one attached hydrogen (secondary N) is 1. The lowest BCUT2D eigenvalue weighted by atomic mass is 10.1. The first-order chi connectivity index (χ1) is 13.5. The second-order valence-electron chi connectivity index (χ2n) is 6.58. The Kier molecular flexibility index (Phi) is 5.99. The van der Waals surface area contributed by atoms with Crippen LogP contribution in [-0.2, 0) is 9.59 Å². The lowest BCUT2D eigenvalue weighted by molar-refractivity contribution is -0.117. The average molecular weight is 380 g/mol. The first kappa shape index (κ1) is 19.5. The molecule has 1 aliphatic heterocycles. The van der Waals surface area contributed by atoms with Crippen molar-refractivity contribution in [2.45, 2.75) is 19.8 Å². The molecule has 6 nitrogen and oxygen atoms in total. The molecule has 1 aliphatic rings. The van der Waals surface area contributed by atoms with E-state index in [1.54, 1.807) is 43.4 Å². The van der Waals surface area contributed by atoms with Crippen molar-refractivity contribution in [3.63, 3.8) is 0 Å². The molecule has 1 saturated heterocycles. The molecule has 6 heteroatoms. The van der Waals surface area contributed by atoms with Crippen LogP contribution in [0.25, 0.3) is 6.08 Å². The van der Waals surface area contributed by atoms with Gasteiger partial charge in [0.1, 0.15) is 11.5 Å². The first-order valence-corrected chi connectivity index (χ1v) is 9.14. The maximum Gasteiger partial charge on any atom is 0.248 e. The summed E-state index contributed by atoms with van der Waals surface area (Å²) in [4.78, 5) is 26.0. The standard InChI is InChI=1S/C22H24N2O4/c1-15-13-17(7-9-19(15)24-12-4-5-22(24)26)23-21(25)11-6-16-14-18(27-2)8-10-20(16)28-3/h6-11,13-14H,4-5,12H2,1-3H3,(H,23,25). The quantitative estimate of drug-likeness (QED) is 0.774. The molecule has 28 heavy (non-hydrogen) atoms. The third kappa shape index (κ3) is 4.34. The number of nitrogens with zero attached hydrogens (tertiary/aromatic N) is 1. The molecule has 2 aromatic rings. The fourth-order valence-corrected chi connectivity index (χ4v) is 3.26. The molecule has 0 unspecified atom stereocenters. The number of hydrogen-bond acceptors (Lipinski definition) is 4. The van der Waals surface area contributed by atoms with Gasteiger partial charge in [0.25, 0.3) is 0 Å². The van der Waals surface area contributed by atoms with Gasteiger partial charge in [0, 0.05) is 36.0 Å². The molecule has 0 aromatic heterocycles. The van der Waals surface area contributed by atoms with E-state index in [1.807, 2.05) is 25.1 Å². The molecule has 2 aromatic carbocycles. The largest absolute Gasteiger partial charge is 0.497 e. The summed E-state index contributed by atoms with van der Waals surface area (Å²) >= 11 is 0. The predicted octanol–water partition coefficient (Wildman–Crippen LogP) is 3.79. The molecule has 2 amide bonds. The van der Waals surface area contributed by atoms with Crippen molar-refractivity contribution in [1.82, 2.24) is 0 Å². The monoisotopic (exact) mass is 380 g/mol. The summed E-state index contributed by atoms with van der Waals surface area (Å²) < 4.78 is 10.5. The number of anilines is 2. The smallest absolute Gasteiger partial charge is 0.248 e. The van der Waals surface area contributed by atoms with Gasteiger partial charge in [-0.2, -0.15) is 0 Å². The van der Waals surface area contributed by atoms with Crippen LogP contribution in [0.3, 0.4) is 0 Å². The maximum absolute atomic E-state index is 12.3. The lowest BCUT2D eigenvalue weighted by Gasteiger charge is -2.19. The summed E-state index contributed by atoms with van der Waals surface area (Å²) in [7, 11) is 3.17. The Morgan fingerprint density at radius 1 is 1.14 bits per heavy atom. The summed E-state index contributed by atoms with van der Waals surface area (Å²) in [6.07, 6.45) is 4.61. The van der Waals surface area contributed by atoms with Crippen molar-refractivity contribution < 1.29 is 19.1 Å². The third-order valence-corrected chi connectivity index (χ3v) is 4.68. The third-order valence-electron chi connectivity index (χ3n) is 4.68. The van der Waals surface area contributed by atoms with E-state index < -0.39 is 0 Å². The highest BCUT2D eigenvalue weighted by Crippen LogP contribution is 2.28. The van der Waals surface area contributed by atoms with Gasteiger partial charge < -0.3 is 19.7 Å². The minimum Gasteiger partial charge on any atom is -0.497 e. The maximum atomic E-state index is 12.3. The van der Waals surface area contributed by atoms with Gasteiger partial charge in [0.2, 0.25) is 11.8 Å². The predicted molar refractivity (Wildman–Crippen MR) is 110 cm³/mol. The fraction of sp³-hybridized carbons (Fsp3) is 0.273. The van der Waals surface area contributed by atoms with Crippen LogP contribution in [0.5, 0.6) is 11.5 Å². The Morgan fingerprint density at radius 2 is 1.96 bits per heavy atom. The van der Waals surface area contributed by atoms with Crippen molar-refractivity contribution in [1.29, 1.82) is 0 Å². The highest BCUT2D eigenvalue weighted by molar-refractivity contribution is 6.02. The molecule has 1 N–H and O–H groups in total. The Morgan fingerprint density at radius 3 is 2.61 bits per heavy atom. The average Bonchev–Trinajstić information content (AvgIpc) is 3.12. The molecule has 146 valence electrons. The molecule has 0 atom stereocenters. The topological polar surface area (TPSA) is 67.9 Å². The van der Waals surface area contributed by atoms with Crippen molar-refractivity contribution in [2.75, 3.05) is 31.0 Å². The van der Waals surface area contributed by atoms with Crippen LogP contribution in [0.1, 0.15) is 24.0 Å². The van der Waals surface area contributed by atoms with Gasteiger partial charge in [-0.3, -0.25) is 9.59 Å². The van der Waals surface area contributed by atoms with Gasteiger partial charge in [-0.05, 0) is 61.4 Å². The van der Waals surface area contributed by atoms with Gasteiger partial charge in [0.15, 0.2) is 0 Å². The summed E-state index contributed by atoms with van der Waals surface area (Å²) in [5, 5.41) is 2.85. The van der Waals surface area contributed by atoms with E-state index in [9.17, 15) is 9.59 Å². The van der Waals surface area contributed by atoms with Gasteiger partial charge >= 0.3 is 0 Å². The molecule has 0 saturated carbocycles. The highest BCUT2D eigenvalue weighted by atomic mass is 16.5. The van der Waals surface area contributed by atoms with E-state index in [4.69, 9.17) is 9.47 Å². The van der Waals surface area contributed by atoms with Crippen LogP contribution in [-0.4, -0.2) is 32.6 Å². The van der Waals surface area contributed by atoms with E-state index in [0.717, 1.165) is 29.8 Å². The number of rotatable bonds is 6. The Bertz CT molecular complexity index is 921. The molecule has 0 bridgehead atoms. The van der Waals surface area contributed by atoms with Crippen LogP contribution in [0.2, 0.25) is 0 Å². The molecule has 0 aliphatic carbocycles.